The van der Waals surface area contributed by atoms with E-state index < -0.39 is 0 Å². The van der Waals surface area contributed by atoms with Gasteiger partial charge in [0.2, 0.25) is 0 Å². The molecule has 3 heteroatoms. The Morgan fingerprint density at radius 2 is 1.71 bits per heavy atom. The van der Waals surface area contributed by atoms with Crippen LogP contribution in [0.1, 0.15) is 34.7 Å². The molecule has 1 N–H and O–H groups in total. The van der Waals surface area contributed by atoms with Crippen molar-refractivity contribution in [1.82, 2.24) is 5.32 Å². The zero-order valence-corrected chi connectivity index (χ0v) is 15.9. The van der Waals surface area contributed by atoms with E-state index in [2.05, 4.69) is 66.0 Å². The van der Waals surface area contributed by atoms with Crippen molar-refractivity contribution in [1.29, 1.82) is 0 Å². The minimum atomic E-state index is -0.00471. The van der Waals surface area contributed by atoms with Gasteiger partial charge in [-0.25, -0.2) is 0 Å². The summed E-state index contributed by atoms with van der Waals surface area (Å²) in [6.45, 7) is 0. The molecule has 1 aliphatic carbocycles. The third-order valence-corrected chi connectivity index (χ3v) is 5.56. The molecular formula is C25H22N2O. The SMILES string of the molecule is COc1cccc(C2N=C(c3ccccc3)NC3=C2CCc2ccccc23)c1. The van der Waals surface area contributed by atoms with Gasteiger partial charge in [0.15, 0.2) is 0 Å². The lowest BCUT2D eigenvalue weighted by atomic mass is 9.83. The Bertz CT molecular complexity index is 1080. The van der Waals surface area contributed by atoms with Gasteiger partial charge in [0.25, 0.3) is 0 Å². The van der Waals surface area contributed by atoms with Crippen molar-refractivity contribution in [3.8, 4) is 5.75 Å². The van der Waals surface area contributed by atoms with E-state index in [0.717, 1.165) is 30.0 Å². The highest BCUT2D eigenvalue weighted by atomic mass is 16.5. The second kappa shape index (κ2) is 7.01. The molecule has 0 spiro atoms. The molecule has 0 saturated carbocycles. The molecule has 5 rings (SSSR count). The molecule has 0 radical (unpaired) electrons. The minimum absolute atomic E-state index is 0.00471. The van der Waals surface area contributed by atoms with Crippen LogP contribution in [0, 0.1) is 0 Å². The molecule has 0 bridgehead atoms. The molecule has 3 nitrogen and oxygen atoms in total. The van der Waals surface area contributed by atoms with E-state index in [9.17, 15) is 0 Å². The topological polar surface area (TPSA) is 33.6 Å². The number of hydrogen-bond donors (Lipinski definition) is 1. The molecule has 0 amide bonds. The van der Waals surface area contributed by atoms with Crippen molar-refractivity contribution < 1.29 is 4.74 Å². The molecule has 138 valence electrons. The Labute approximate surface area is 165 Å². The lowest BCUT2D eigenvalue weighted by Gasteiger charge is -2.33. The summed E-state index contributed by atoms with van der Waals surface area (Å²) in [5.74, 6) is 1.79. The summed E-state index contributed by atoms with van der Waals surface area (Å²) in [4.78, 5) is 5.15. The van der Waals surface area contributed by atoms with Crippen LogP contribution in [0.5, 0.6) is 5.75 Å². The predicted octanol–water partition coefficient (Wildman–Crippen LogP) is 5.14. The van der Waals surface area contributed by atoms with E-state index in [1.54, 1.807) is 7.11 Å². The quantitative estimate of drug-likeness (QED) is 0.696. The molecule has 3 aromatic rings. The second-order valence-corrected chi connectivity index (χ2v) is 7.21. The molecule has 2 aliphatic rings. The first-order valence-electron chi connectivity index (χ1n) is 9.69. The van der Waals surface area contributed by atoms with Crippen LogP contribution in [-0.4, -0.2) is 12.9 Å². The number of aliphatic imine (C=N–C) groups is 1. The van der Waals surface area contributed by atoms with Crippen LogP contribution in [0.3, 0.4) is 0 Å². The lowest BCUT2D eigenvalue weighted by molar-refractivity contribution is 0.414. The van der Waals surface area contributed by atoms with Crippen molar-refractivity contribution in [2.24, 2.45) is 4.99 Å². The second-order valence-electron chi connectivity index (χ2n) is 7.21. The molecule has 0 fully saturated rings. The summed E-state index contributed by atoms with van der Waals surface area (Å²) in [6.07, 6.45) is 2.06. The number of hydrogen-bond acceptors (Lipinski definition) is 3. The van der Waals surface area contributed by atoms with E-state index in [1.165, 1.54) is 28.0 Å². The molecule has 1 aliphatic heterocycles. The molecule has 1 heterocycles. The van der Waals surface area contributed by atoms with Crippen LogP contribution in [0.4, 0.5) is 0 Å². The number of ether oxygens (including phenoxy) is 1. The normalized spacial score (nSPS) is 17.9. The molecular weight excluding hydrogens is 344 g/mol. The molecule has 3 aromatic carbocycles. The average molecular weight is 366 g/mol. The maximum Gasteiger partial charge on any atom is 0.133 e. The fraction of sp³-hybridized carbons (Fsp3) is 0.160. The predicted molar refractivity (Wildman–Crippen MR) is 114 cm³/mol. The van der Waals surface area contributed by atoms with Gasteiger partial charge >= 0.3 is 0 Å². The van der Waals surface area contributed by atoms with Crippen LogP contribution in [0.15, 0.2) is 89.4 Å². The molecule has 1 atom stereocenters. The minimum Gasteiger partial charge on any atom is -0.497 e. The summed E-state index contributed by atoms with van der Waals surface area (Å²) < 4.78 is 5.47. The molecule has 0 saturated heterocycles. The number of nitrogens with one attached hydrogen (secondary N) is 1. The molecule has 0 aromatic heterocycles. The van der Waals surface area contributed by atoms with Gasteiger partial charge in [-0.2, -0.15) is 0 Å². The van der Waals surface area contributed by atoms with E-state index in [-0.39, 0.29) is 6.04 Å². The van der Waals surface area contributed by atoms with Crippen molar-refractivity contribution in [3.05, 3.63) is 107 Å². The number of fused-ring (bicyclic) bond motifs is 2. The van der Waals surface area contributed by atoms with Gasteiger partial charge in [0, 0.05) is 16.8 Å². The Hall–Kier alpha value is -3.33. The van der Waals surface area contributed by atoms with Crippen molar-refractivity contribution >= 4 is 11.5 Å². The van der Waals surface area contributed by atoms with Crippen LogP contribution in [0.2, 0.25) is 0 Å². The summed E-state index contributed by atoms with van der Waals surface area (Å²) in [5.41, 5.74) is 7.52. The maximum absolute atomic E-state index is 5.47. The monoisotopic (exact) mass is 366 g/mol. The number of aryl methyl sites for hydroxylation is 1. The lowest BCUT2D eigenvalue weighted by Crippen LogP contribution is -2.32. The number of benzene rings is 3. The maximum atomic E-state index is 5.47. The Kier molecular flexibility index (Phi) is 4.21. The van der Waals surface area contributed by atoms with Gasteiger partial charge in [-0.1, -0.05) is 66.7 Å². The highest BCUT2D eigenvalue weighted by Crippen LogP contribution is 2.41. The van der Waals surface area contributed by atoms with Crippen LogP contribution >= 0.6 is 0 Å². The Morgan fingerprint density at radius 3 is 2.57 bits per heavy atom. The van der Waals surface area contributed by atoms with Crippen molar-refractivity contribution in [2.45, 2.75) is 18.9 Å². The Morgan fingerprint density at radius 1 is 0.893 bits per heavy atom. The number of rotatable bonds is 3. The Balaban J connectivity index is 1.68. The van der Waals surface area contributed by atoms with Gasteiger partial charge < -0.3 is 10.1 Å². The number of methoxy groups -OCH3 is 1. The van der Waals surface area contributed by atoms with Crippen LogP contribution in [0.25, 0.3) is 5.70 Å². The van der Waals surface area contributed by atoms with E-state index in [0.29, 0.717) is 0 Å². The largest absolute Gasteiger partial charge is 0.497 e. The first-order chi connectivity index (χ1) is 13.8. The summed E-state index contributed by atoms with van der Waals surface area (Å²) in [5, 5.41) is 3.65. The standard InChI is InChI=1S/C25H22N2O/c1-28-20-12-7-11-19(16-20)23-22-15-14-17-8-5-6-13-21(17)24(22)27-25(26-23)18-9-3-2-4-10-18/h2-13,16,23H,14-15H2,1H3,(H,26,27). The third-order valence-electron chi connectivity index (χ3n) is 5.56. The van der Waals surface area contributed by atoms with Gasteiger partial charge in [-0.3, -0.25) is 4.99 Å². The van der Waals surface area contributed by atoms with Crippen LogP contribution < -0.4 is 10.1 Å². The van der Waals surface area contributed by atoms with E-state index >= 15 is 0 Å². The molecule has 1 unspecified atom stereocenters. The smallest absolute Gasteiger partial charge is 0.133 e. The van der Waals surface area contributed by atoms with Gasteiger partial charge in [-0.15, -0.1) is 0 Å². The van der Waals surface area contributed by atoms with Gasteiger partial charge in [-0.05, 0) is 41.7 Å². The fourth-order valence-electron chi connectivity index (χ4n) is 4.16. The van der Waals surface area contributed by atoms with Crippen LogP contribution in [-0.2, 0) is 6.42 Å². The molecule has 28 heavy (non-hydrogen) atoms. The number of amidine groups is 1. The summed E-state index contributed by atoms with van der Waals surface area (Å²) in [7, 11) is 1.71. The van der Waals surface area contributed by atoms with E-state index in [4.69, 9.17) is 9.73 Å². The number of nitrogens with zero attached hydrogens (tertiary/aromatic N) is 1. The third kappa shape index (κ3) is 2.89. The summed E-state index contributed by atoms with van der Waals surface area (Å²) >= 11 is 0. The first-order valence-corrected chi connectivity index (χ1v) is 9.69. The van der Waals surface area contributed by atoms with E-state index in [1.807, 2.05) is 18.2 Å². The average Bonchev–Trinajstić information content (AvgIpc) is 2.79. The van der Waals surface area contributed by atoms with Crippen molar-refractivity contribution in [3.63, 3.8) is 0 Å². The fourth-order valence-corrected chi connectivity index (χ4v) is 4.16. The van der Waals surface area contributed by atoms with Crippen molar-refractivity contribution in [2.75, 3.05) is 7.11 Å². The highest BCUT2D eigenvalue weighted by Gasteiger charge is 2.30. The summed E-state index contributed by atoms with van der Waals surface area (Å²) in [6, 6.07) is 27.3. The van der Waals surface area contributed by atoms with Gasteiger partial charge in [0.1, 0.15) is 17.6 Å². The highest BCUT2D eigenvalue weighted by molar-refractivity contribution is 6.05. The zero-order valence-electron chi connectivity index (χ0n) is 15.9. The van der Waals surface area contributed by atoms with Gasteiger partial charge in [0.05, 0.1) is 7.11 Å². The zero-order chi connectivity index (χ0) is 18.9. The first kappa shape index (κ1) is 16.8.